The Morgan fingerprint density at radius 2 is 1.27 bits per heavy atom. The number of unbranched alkanes of at least 4 members (excludes halogenated alkanes) is 10. The van der Waals surface area contributed by atoms with E-state index >= 15 is 0 Å². The Balaban J connectivity index is 1.65. The normalized spacial score (nSPS) is 11.5. The molecule has 182 valence electrons. The highest BCUT2D eigenvalue weighted by Gasteiger charge is 2.15. The minimum Gasteiger partial charge on any atom is -0.492 e. The van der Waals surface area contributed by atoms with Crippen molar-refractivity contribution in [3.8, 4) is 11.5 Å². The molecule has 0 N–H and O–H groups in total. The summed E-state index contributed by atoms with van der Waals surface area (Å²) in [6.07, 6.45) is 15.3. The van der Waals surface area contributed by atoms with Gasteiger partial charge in [0.05, 0.1) is 26.9 Å². The lowest BCUT2D eigenvalue weighted by molar-refractivity contribution is 0.303. The van der Waals surface area contributed by atoms with E-state index in [0.29, 0.717) is 0 Å². The second kappa shape index (κ2) is 14.6. The lowest BCUT2D eigenvalue weighted by atomic mass is 10.1. The third kappa shape index (κ3) is 7.86. The Bertz CT molecular complexity index is 999. The fraction of sp³-hybridized carbons (Fsp3) is 0.571. The third-order valence-corrected chi connectivity index (χ3v) is 8.51. The molecule has 0 fully saturated rings. The average molecular weight is 598 g/mol. The summed E-state index contributed by atoms with van der Waals surface area (Å²) >= 11 is 9.26. The van der Waals surface area contributed by atoms with Crippen molar-refractivity contribution in [2.24, 2.45) is 0 Å². The number of fused-ring (bicyclic) bond motifs is 3. The Morgan fingerprint density at radius 3 is 1.94 bits per heavy atom. The van der Waals surface area contributed by atoms with Crippen molar-refractivity contribution in [2.75, 3.05) is 13.2 Å². The number of benzene rings is 2. The summed E-state index contributed by atoms with van der Waals surface area (Å²) in [5.74, 6) is 1.92. The van der Waals surface area contributed by atoms with Gasteiger partial charge >= 0.3 is 0 Å². The van der Waals surface area contributed by atoms with Crippen molar-refractivity contribution in [3.05, 3.63) is 33.2 Å². The molecule has 2 nitrogen and oxygen atoms in total. The van der Waals surface area contributed by atoms with E-state index in [-0.39, 0.29) is 0 Å². The Labute approximate surface area is 220 Å². The second-order valence-electron chi connectivity index (χ2n) is 8.87. The fourth-order valence-corrected chi connectivity index (χ4v) is 6.41. The van der Waals surface area contributed by atoms with Crippen molar-refractivity contribution in [2.45, 2.75) is 90.9 Å². The van der Waals surface area contributed by atoms with Crippen LogP contribution in [0.3, 0.4) is 0 Å². The summed E-state index contributed by atoms with van der Waals surface area (Å²) in [4.78, 5) is 0. The molecule has 5 heteroatoms. The Morgan fingerprint density at radius 1 is 0.667 bits per heavy atom. The highest BCUT2D eigenvalue weighted by molar-refractivity contribution is 9.11. The SMILES string of the molecule is CCCCCCCCOc1cc2sc3c(OCCCCCCCC)c(Br)ccc3c2cc1Br. The smallest absolute Gasteiger partial charge is 0.151 e. The molecule has 0 unspecified atom stereocenters. The van der Waals surface area contributed by atoms with Gasteiger partial charge in [-0.2, -0.15) is 0 Å². The molecule has 0 radical (unpaired) electrons. The van der Waals surface area contributed by atoms with Gasteiger partial charge in [0.25, 0.3) is 0 Å². The largest absolute Gasteiger partial charge is 0.492 e. The Hall–Kier alpha value is -0.780. The van der Waals surface area contributed by atoms with Crippen molar-refractivity contribution in [3.63, 3.8) is 0 Å². The van der Waals surface area contributed by atoms with E-state index < -0.39 is 0 Å². The average Bonchev–Trinajstić information content (AvgIpc) is 3.16. The number of halogens is 2. The molecule has 3 rings (SSSR count). The molecule has 0 saturated heterocycles. The van der Waals surface area contributed by atoms with Crippen LogP contribution < -0.4 is 9.47 Å². The molecule has 0 amide bonds. The maximum atomic E-state index is 6.29. The highest BCUT2D eigenvalue weighted by Crippen LogP contribution is 2.45. The standard InChI is InChI=1S/C28H38Br2O2S/c1-3-5-7-9-11-13-17-31-25-20-26-22(19-24(25)30)21-15-16-23(29)27(28(21)33-26)32-18-14-12-10-8-6-4-2/h15-16,19-20H,3-14,17-18H2,1-2H3. The van der Waals surface area contributed by atoms with E-state index in [1.165, 1.54) is 84.4 Å². The van der Waals surface area contributed by atoms with Crippen LogP contribution in [-0.4, -0.2) is 13.2 Å². The van der Waals surface area contributed by atoms with Gasteiger partial charge in [-0.15, -0.1) is 11.3 Å². The van der Waals surface area contributed by atoms with Gasteiger partial charge < -0.3 is 9.47 Å². The molecular weight excluding hydrogens is 560 g/mol. The van der Waals surface area contributed by atoms with Crippen molar-refractivity contribution >= 4 is 63.4 Å². The lowest BCUT2D eigenvalue weighted by Crippen LogP contribution is -1.98. The van der Waals surface area contributed by atoms with Crippen LogP contribution >= 0.6 is 43.2 Å². The summed E-state index contributed by atoms with van der Waals surface area (Å²) in [5, 5.41) is 2.50. The molecule has 0 atom stereocenters. The van der Waals surface area contributed by atoms with Gasteiger partial charge in [-0.1, -0.05) is 84.1 Å². The van der Waals surface area contributed by atoms with Gasteiger partial charge in [-0.05, 0) is 62.9 Å². The summed E-state index contributed by atoms with van der Waals surface area (Å²) in [7, 11) is 0. The first-order valence-electron chi connectivity index (χ1n) is 12.8. The molecule has 1 heterocycles. The number of rotatable bonds is 16. The van der Waals surface area contributed by atoms with Gasteiger partial charge in [-0.25, -0.2) is 0 Å². The van der Waals surface area contributed by atoms with Crippen LogP contribution in [0.15, 0.2) is 33.2 Å². The summed E-state index contributed by atoms with van der Waals surface area (Å²) in [6.45, 7) is 6.07. The van der Waals surface area contributed by atoms with Crippen LogP contribution in [-0.2, 0) is 0 Å². The van der Waals surface area contributed by atoms with E-state index in [4.69, 9.17) is 9.47 Å². The van der Waals surface area contributed by atoms with Gasteiger partial charge in [0.2, 0.25) is 0 Å². The summed E-state index contributed by atoms with van der Waals surface area (Å²) in [6, 6.07) is 8.70. The van der Waals surface area contributed by atoms with Crippen LogP contribution in [0.25, 0.3) is 20.2 Å². The maximum absolute atomic E-state index is 6.29. The zero-order valence-electron chi connectivity index (χ0n) is 20.2. The van der Waals surface area contributed by atoms with E-state index in [0.717, 1.165) is 46.5 Å². The van der Waals surface area contributed by atoms with Crippen molar-refractivity contribution in [1.82, 2.24) is 0 Å². The molecule has 0 aliphatic carbocycles. The van der Waals surface area contributed by atoms with E-state index in [2.05, 4.69) is 70.0 Å². The quantitative estimate of drug-likeness (QED) is 0.153. The molecule has 0 spiro atoms. The van der Waals surface area contributed by atoms with E-state index in [1.54, 1.807) is 11.3 Å². The first kappa shape index (κ1) is 26.8. The van der Waals surface area contributed by atoms with Gasteiger partial charge in [0, 0.05) is 15.5 Å². The topological polar surface area (TPSA) is 18.5 Å². The number of hydrogen-bond donors (Lipinski definition) is 0. The first-order valence-corrected chi connectivity index (χ1v) is 15.2. The highest BCUT2D eigenvalue weighted by atomic mass is 79.9. The van der Waals surface area contributed by atoms with Crippen LogP contribution in [0.1, 0.15) is 90.9 Å². The second-order valence-corrected chi connectivity index (χ2v) is 11.6. The first-order chi connectivity index (χ1) is 16.2. The zero-order chi connectivity index (χ0) is 23.5. The maximum Gasteiger partial charge on any atom is 0.151 e. The van der Waals surface area contributed by atoms with Crippen LogP contribution in [0.5, 0.6) is 11.5 Å². The molecule has 0 aliphatic heterocycles. The molecule has 33 heavy (non-hydrogen) atoms. The number of thiophene rings is 1. The van der Waals surface area contributed by atoms with Gasteiger partial charge in [0.1, 0.15) is 5.75 Å². The van der Waals surface area contributed by atoms with Crippen LogP contribution in [0, 0.1) is 0 Å². The minimum atomic E-state index is 0.772. The van der Waals surface area contributed by atoms with Gasteiger partial charge in [-0.3, -0.25) is 0 Å². The number of hydrogen-bond acceptors (Lipinski definition) is 3. The summed E-state index contributed by atoms with van der Waals surface area (Å²) < 4.78 is 16.9. The molecule has 2 aromatic carbocycles. The zero-order valence-corrected chi connectivity index (χ0v) is 24.2. The number of ether oxygens (including phenoxy) is 2. The predicted octanol–water partition coefficient (Wildman–Crippen LogP) is 11.1. The molecule has 3 aromatic rings. The molecule has 0 aliphatic rings. The monoisotopic (exact) mass is 596 g/mol. The third-order valence-electron chi connectivity index (χ3n) is 6.10. The van der Waals surface area contributed by atoms with E-state index in [9.17, 15) is 0 Å². The molecule has 0 bridgehead atoms. The minimum absolute atomic E-state index is 0.772. The van der Waals surface area contributed by atoms with E-state index in [1.807, 2.05) is 0 Å². The molecule has 1 aromatic heterocycles. The van der Waals surface area contributed by atoms with Gasteiger partial charge in [0.15, 0.2) is 5.75 Å². The fourth-order valence-electron chi connectivity index (χ4n) is 4.16. The van der Waals surface area contributed by atoms with Crippen molar-refractivity contribution < 1.29 is 9.47 Å². The van der Waals surface area contributed by atoms with Crippen molar-refractivity contribution in [1.29, 1.82) is 0 Å². The van der Waals surface area contributed by atoms with Crippen LogP contribution in [0.4, 0.5) is 0 Å². The Kier molecular flexibility index (Phi) is 11.8. The molecular formula is C28H38Br2O2S. The molecule has 0 saturated carbocycles. The predicted molar refractivity (Wildman–Crippen MR) is 152 cm³/mol. The lowest BCUT2D eigenvalue weighted by Gasteiger charge is -2.09. The van der Waals surface area contributed by atoms with Crippen LogP contribution in [0.2, 0.25) is 0 Å². The summed E-state index contributed by atoms with van der Waals surface area (Å²) in [5.41, 5.74) is 0.